The van der Waals surface area contributed by atoms with E-state index in [-0.39, 0.29) is 0 Å². The topological polar surface area (TPSA) is 110 Å². The van der Waals surface area contributed by atoms with Crippen LogP contribution in [0, 0.1) is 0 Å². The van der Waals surface area contributed by atoms with Crippen molar-refractivity contribution in [1.82, 2.24) is 0 Å². The molecule has 0 bridgehead atoms. The van der Waals surface area contributed by atoms with Gasteiger partial charge in [-0.25, -0.2) is 4.39 Å². The summed E-state index contributed by atoms with van der Waals surface area (Å²) in [6.45, 7) is -1.08. The van der Waals surface area contributed by atoms with E-state index in [0.717, 1.165) is 0 Å². The number of alkyl halides is 1. The highest BCUT2D eigenvalue weighted by Crippen LogP contribution is 2.28. The van der Waals surface area contributed by atoms with E-state index in [2.05, 4.69) is 4.74 Å². The highest BCUT2D eigenvalue weighted by Gasteiger charge is 2.52. The Balaban J connectivity index is 2.82. The minimum absolute atomic E-state index is 1.08. The maximum Gasteiger partial charge on any atom is 0.230 e. The molecule has 5 atom stereocenters. The highest BCUT2D eigenvalue weighted by atomic mass is 19.1. The maximum atomic E-state index is 12.7. The van der Waals surface area contributed by atoms with E-state index >= 15 is 0 Å². The van der Waals surface area contributed by atoms with E-state index in [1.165, 1.54) is 0 Å². The van der Waals surface area contributed by atoms with E-state index in [4.69, 9.17) is 20.4 Å². The molecule has 1 saturated heterocycles. The Hall–Kier alpha value is -0.310. The molecule has 0 aromatic heterocycles. The second-order valence-corrected chi connectivity index (χ2v) is 2.90. The molecule has 6 nitrogen and oxygen atoms in total. The fraction of sp³-hybridized carbons (Fsp3) is 1.00. The molecule has 2 unspecified atom stereocenters. The van der Waals surface area contributed by atoms with Gasteiger partial charge in [0.15, 0.2) is 0 Å². The van der Waals surface area contributed by atoms with Crippen molar-refractivity contribution in [2.75, 3.05) is 6.61 Å². The summed E-state index contributed by atoms with van der Waals surface area (Å²) in [6.07, 6.45) is -8.15. The molecule has 0 amide bonds. The lowest BCUT2D eigenvalue weighted by Gasteiger charge is -2.41. The Labute approximate surface area is 72.8 Å². The molecule has 1 aliphatic rings. The van der Waals surface area contributed by atoms with Gasteiger partial charge in [0.1, 0.15) is 18.3 Å². The number of halogens is 1. The van der Waals surface area contributed by atoms with Crippen molar-refractivity contribution in [3.05, 3.63) is 0 Å². The van der Waals surface area contributed by atoms with Gasteiger partial charge in [-0.1, -0.05) is 0 Å². The fourth-order valence-electron chi connectivity index (χ4n) is 1.07. The molecule has 0 radical (unpaired) electrons. The van der Waals surface area contributed by atoms with Crippen LogP contribution in [0.2, 0.25) is 0 Å². The average molecular weight is 198 g/mol. The largest absolute Gasteiger partial charge is 0.391 e. The zero-order valence-electron chi connectivity index (χ0n) is 6.54. The second kappa shape index (κ2) is 3.45. The van der Waals surface area contributed by atoms with E-state index < -0.39 is 37.1 Å². The van der Waals surface area contributed by atoms with Gasteiger partial charge in [-0.2, -0.15) is 0 Å². The number of aliphatic hydroxyl groups is 5. The summed E-state index contributed by atoms with van der Waals surface area (Å²) in [4.78, 5) is 0. The Kier molecular flexibility index (Phi) is 2.85. The van der Waals surface area contributed by atoms with Gasteiger partial charge >= 0.3 is 0 Å². The summed E-state index contributed by atoms with van der Waals surface area (Å²) in [6, 6.07) is 0. The minimum Gasteiger partial charge on any atom is -0.391 e. The quantitative estimate of drug-likeness (QED) is 0.308. The molecule has 1 rings (SSSR count). The number of rotatable bonds is 1. The van der Waals surface area contributed by atoms with Gasteiger partial charge in [-0.3, -0.25) is 0 Å². The summed E-state index contributed by atoms with van der Waals surface area (Å²) in [5.74, 6) is -2.57. The highest BCUT2D eigenvalue weighted by molar-refractivity contribution is 4.92. The van der Waals surface area contributed by atoms with Gasteiger partial charge < -0.3 is 30.3 Å². The first-order valence-electron chi connectivity index (χ1n) is 3.61. The second-order valence-electron chi connectivity index (χ2n) is 2.90. The molecule has 1 aliphatic heterocycles. The lowest BCUT2D eigenvalue weighted by atomic mass is 9.97. The first-order valence-corrected chi connectivity index (χ1v) is 3.61. The number of hydrogen-bond donors (Lipinski definition) is 5. The van der Waals surface area contributed by atoms with Gasteiger partial charge in [-0.05, 0) is 0 Å². The predicted octanol–water partition coefficient (Wildman–Crippen LogP) is -2.92. The summed E-state index contributed by atoms with van der Waals surface area (Å²) in [5.41, 5.74) is 0. The van der Waals surface area contributed by atoms with Crippen LogP contribution in [0.3, 0.4) is 0 Å². The molecule has 0 aromatic carbocycles. The summed E-state index contributed by atoms with van der Waals surface area (Å²) in [7, 11) is 0. The zero-order valence-corrected chi connectivity index (χ0v) is 6.54. The van der Waals surface area contributed by atoms with Gasteiger partial charge in [0.2, 0.25) is 12.1 Å². The Morgan fingerprint density at radius 3 is 2.23 bits per heavy atom. The number of hydrogen-bond acceptors (Lipinski definition) is 6. The molecule has 7 heteroatoms. The van der Waals surface area contributed by atoms with Gasteiger partial charge in [0, 0.05) is 0 Å². The molecule has 0 spiro atoms. The van der Waals surface area contributed by atoms with Crippen molar-refractivity contribution < 1.29 is 34.7 Å². The van der Waals surface area contributed by atoms with Crippen molar-refractivity contribution in [3.63, 3.8) is 0 Å². The van der Waals surface area contributed by atoms with E-state index in [9.17, 15) is 9.50 Å². The lowest BCUT2D eigenvalue weighted by Crippen LogP contribution is -2.64. The van der Waals surface area contributed by atoms with Crippen LogP contribution < -0.4 is 0 Å². The predicted molar refractivity (Wildman–Crippen MR) is 36.0 cm³/mol. The SMILES string of the molecule is OCC1(O)OC(F)[C@@H](O)[C@@H](O)[C@@H]1O. The molecule has 13 heavy (non-hydrogen) atoms. The zero-order chi connectivity index (χ0) is 10.2. The van der Waals surface area contributed by atoms with Crippen LogP contribution in [0.1, 0.15) is 0 Å². The Morgan fingerprint density at radius 2 is 1.77 bits per heavy atom. The van der Waals surface area contributed by atoms with Gasteiger partial charge in [0.05, 0.1) is 6.61 Å². The normalized spacial score (nSPS) is 52.2. The summed E-state index contributed by atoms with van der Waals surface area (Å²) >= 11 is 0. The molecule has 1 fully saturated rings. The van der Waals surface area contributed by atoms with Crippen LogP contribution in [0.25, 0.3) is 0 Å². The van der Waals surface area contributed by atoms with E-state index in [1.54, 1.807) is 0 Å². The van der Waals surface area contributed by atoms with Crippen LogP contribution in [-0.2, 0) is 4.74 Å². The Morgan fingerprint density at radius 1 is 1.23 bits per heavy atom. The fourth-order valence-corrected chi connectivity index (χ4v) is 1.07. The molecule has 78 valence electrons. The maximum absolute atomic E-state index is 12.7. The molecule has 1 heterocycles. The Bertz CT molecular complexity index is 190. The first kappa shape index (κ1) is 10.8. The number of aliphatic hydroxyl groups excluding tert-OH is 4. The van der Waals surface area contributed by atoms with Crippen molar-refractivity contribution >= 4 is 0 Å². The lowest BCUT2D eigenvalue weighted by molar-refractivity contribution is -0.375. The monoisotopic (exact) mass is 198 g/mol. The molecular weight excluding hydrogens is 187 g/mol. The van der Waals surface area contributed by atoms with E-state index in [0.29, 0.717) is 0 Å². The van der Waals surface area contributed by atoms with Crippen molar-refractivity contribution in [2.45, 2.75) is 30.5 Å². The van der Waals surface area contributed by atoms with Crippen LogP contribution in [0.5, 0.6) is 0 Å². The van der Waals surface area contributed by atoms with Crippen LogP contribution in [0.4, 0.5) is 4.39 Å². The molecular formula is C6H11FO6. The molecule has 0 saturated carbocycles. The van der Waals surface area contributed by atoms with Crippen molar-refractivity contribution in [2.24, 2.45) is 0 Å². The number of ether oxygens (including phenoxy) is 1. The third kappa shape index (κ3) is 1.66. The molecule has 5 N–H and O–H groups in total. The van der Waals surface area contributed by atoms with Crippen LogP contribution in [0.15, 0.2) is 0 Å². The third-order valence-corrected chi connectivity index (χ3v) is 1.95. The van der Waals surface area contributed by atoms with Gasteiger partial charge in [-0.15, -0.1) is 0 Å². The first-order chi connectivity index (χ1) is 5.92. The standard InChI is InChI=1S/C6H11FO6/c7-5-3(10)2(9)4(11)6(12,1-8)13-5/h2-5,8-12H,1H2/t2-,3+,4+,5?,6?/m1/s1. The molecule has 0 aliphatic carbocycles. The van der Waals surface area contributed by atoms with Crippen molar-refractivity contribution in [1.29, 1.82) is 0 Å². The summed E-state index contributed by atoms with van der Waals surface area (Å²) in [5, 5.41) is 44.6. The minimum atomic E-state index is -2.57. The summed E-state index contributed by atoms with van der Waals surface area (Å²) < 4.78 is 16.8. The van der Waals surface area contributed by atoms with E-state index in [1.807, 2.05) is 0 Å². The van der Waals surface area contributed by atoms with Crippen LogP contribution >= 0.6 is 0 Å². The molecule has 0 aromatic rings. The van der Waals surface area contributed by atoms with Crippen molar-refractivity contribution in [3.8, 4) is 0 Å². The van der Waals surface area contributed by atoms with Crippen LogP contribution in [-0.4, -0.2) is 62.6 Å². The van der Waals surface area contributed by atoms with Gasteiger partial charge in [0.25, 0.3) is 0 Å². The smallest absolute Gasteiger partial charge is 0.230 e. The average Bonchev–Trinajstić information content (AvgIpc) is 2.12. The third-order valence-electron chi connectivity index (χ3n) is 1.95.